The van der Waals surface area contributed by atoms with Crippen molar-refractivity contribution in [1.82, 2.24) is 5.32 Å². The first-order chi connectivity index (χ1) is 26.8. The SMILES string of the molecule is CCCC/C=C\C/C=C\CCCCCCCC(=O)NC(COC1OC(CO)C(O)C(O)C1O)C(O)/C=C/CCCCCCCCCCCCCCCCCC. The van der Waals surface area contributed by atoms with E-state index in [1.165, 1.54) is 103 Å². The number of carbonyl (C=O) groups excluding carboxylic acids is 1. The number of ether oxygens (including phenoxy) is 2. The van der Waals surface area contributed by atoms with E-state index in [0.717, 1.165) is 70.6 Å². The molecular formula is C46H85NO8. The monoisotopic (exact) mass is 780 g/mol. The van der Waals surface area contributed by atoms with Crippen molar-refractivity contribution in [2.75, 3.05) is 13.2 Å². The Morgan fingerprint density at radius 2 is 1.09 bits per heavy atom. The first-order valence-corrected chi connectivity index (χ1v) is 22.7. The highest BCUT2D eigenvalue weighted by Crippen LogP contribution is 2.22. The second-order valence-electron chi connectivity index (χ2n) is 15.8. The molecule has 1 aliphatic heterocycles. The number of rotatable bonds is 37. The third-order valence-corrected chi connectivity index (χ3v) is 10.7. The van der Waals surface area contributed by atoms with E-state index >= 15 is 0 Å². The summed E-state index contributed by atoms with van der Waals surface area (Å²) in [4.78, 5) is 12.9. The molecule has 0 spiro atoms. The van der Waals surface area contributed by atoms with E-state index in [0.29, 0.717) is 6.42 Å². The zero-order valence-corrected chi connectivity index (χ0v) is 35.2. The Bertz CT molecular complexity index is 956. The third kappa shape index (κ3) is 27.6. The Labute approximate surface area is 336 Å². The number of nitrogens with one attached hydrogen (secondary N) is 1. The molecule has 1 amide bonds. The van der Waals surface area contributed by atoms with Gasteiger partial charge in [-0.2, -0.15) is 0 Å². The molecule has 1 aliphatic rings. The largest absolute Gasteiger partial charge is 0.394 e. The van der Waals surface area contributed by atoms with E-state index in [1.807, 2.05) is 6.08 Å². The minimum absolute atomic E-state index is 0.192. The second kappa shape index (κ2) is 36.7. The van der Waals surface area contributed by atoms with Crippen LogP contribution in [0.3, 0.4) is 0 Å². The fraction of sp³-hybridized carbons (Fsp3) is 0.848. The molecule has 6 N–H and O–H groups in total. The normalized spacial score (nSPS) is 21.6. The molecule has 322 valence electrons. The average molecular weight is 780 g/mol. The number of aliphatic hydroxyl groups is 5. The van der Waals surface area contributed by atoms with Crippen LogP contribution in [-0.4, -0.2) is 87.5 Å². The van der Waals surface area contributed by atoms with Crippen molar-refractivity contribution >= 4 is 5.91 Å². The maximum atomic E-state index is 12.9. The summed E-state index contributed by atoms with van der Waals surface area (Å²) in [5, 5.41) is 54.1. The van der Waals surface area contributed by atoms with Gasteiger partial charge in [-0.1, -0.05) is 179 Å². The Morgan fingerprint density at radius 1 is 0.618 bits per heavy atom. The molecule has 7 unspecified atom stereocenters. The Morgan fingerprint density at radius 3 is 1.62 bits per heavy atom. The maximum Gasteiger partial charge on any atom is 0.220 e. The first kappa shape index (κ1) is 51.4. The van der Waals surface area contributed by atoms with Crippen molar-refractivity contribution < 1.29 is 39.8 Å². The van der Waals surface area contributed by atoms with Gasteiger partial charge in [0, 0.05) is 6.42 Å². The van der Waals surface area contributed by atoms with Gasteiger partial charge in [-0.3, -0.25) is 4.79 Å². The van der Waals surface area contributed by atoms with Gasteiger partial charge in [0.25, 0.3) is 0 Å². The molecule has 0 aromatic carbocycles. The fourth-order valence-corrected chi connectivity index (χ4v) is 7.00. The minimum atomic E-state index is -1.57. The zero-order chi connectivity index (χ0) is 40.2. The molecule has 55 heavy (non-hydrogen) atoms. The number of amides is 1. The molecule has 7 atom stereocenters. The van der Waals surface area contributed by atoms with Crippen LogP contribution >= 0.6 is 0 Å². The number of hydrogen-bond acceptors (Lipinski definition) is 8. The number of allylic oxidation sites excluding steroid dienone is 5. The standard InChI is InChI=1S/C46H85NO8/c1-3-5-7-9-11-13-15-17-19-20-21-22-23-25-27-29-31-33-35-40(49)39(38-54-46-45(53)44(52)43(51)41(37-48)55-46)47-42(50)36-34-32-30-28-26-24-18-16-14-12-10-8-6-4-2/h10,12,16,18,33,35,39-41,43-46,48-49,51-53H,3-9,11,13-15,17,19-32,34,36-38H2,1-2H3,(H,47,50)/b12-10-,18-16-,35-33+. The van der Waals surface area contributed by atoms with Gasteiger partial charge in [0.15, 0.2) is 6.29 Å². The van der Waals surface area contributed by atoms with Crippen molar-refractivity contribution in [1.29, 1.82) is 0 Å². The Hall–Kier alpha value is -1.59. The number of aliphatic hydroxyl groups excluding tert-OH is 5. The number of hydrogen-bond donors (Lipinski definition) is 6. The molecule has 1 heterocycles. The van der Waals surface area contributed by atoms with Crippen molar-refractivity contribution in [2.24, 2.45) is 0 Å². The van der Waals surface area contributed by atoms with Gasteiger partial charge in [0.05, 0.1) is 25.4 Å². The molecule has 1 saturated heterocycles. The maximum absolute atomic E-state index is 12.9. The lowest BCUT2D eigenvalue weighted by molar-refractivity contribution is -0.302. The molecule has 0 radical (unpaired) electrons. The fourth-order valence-electron chi connectivity index (χ4n) is 7.00. The van der Waals surface area contributed by atoms with Gasteiger partial charge < -0.3 is 40.3 Å². The molecule has 0 saturated carbocycles. The Balaban J connectivity index is 2.38. The van der Waals surface area contributed by atoms with Gasteiger partial charge in [0.2, 0.25) is 5.91 Å². The first-order valence-electron chi connectivity index (χ1n) is 22.7. The molecule has 9 heteroatoms. The highest BCUT2D eigenvalue weighted by atomic mass is 16.7. The van der Waals surface area contributed by atoms with E-state index in [1.54, 1.807) is 6.08 Å². The molecule has 0 aromatic rings. The molecule has 0 aliphatic carbocycles. The molecule has 9 nitrogen and oxygen atoms in total. The second-order valence-corrected chi connectivity index (χ2v) is 15.8. The van der Waals surface area contributed by atoms with Gasteiger partial charge in [-0.05, 0) is 44.9 Å². The zero-order valence-electron chi connectivity index (χ0n) is 35.2. The minimum Gasteiger partial charge on any atom is -0.394 e. The van der Waals surface area contributed by atoms with Crippen LogP contribution in [0.4, 0.5) is 0 Å². The van der Waals surface area contributed by atoms with Crippen molar-refractivity contribution in [3.05, 3.63) is 36.5 Å². The van der Waals surface area contributed by atoms with Gasteiger partial charge in [-0.25, -0.2) is 0 Å². The summed E-state index contributed by atoms with van der Waals surface area (Å²) in [6, 6.07) is -0.810. The summed E-state index contributed by atoms with van der Waals surface area (Å²) in [5.41, 5.74) is 0. The van der Waals surface area contributed by atoms with E-state index in [2.05, 4.69) is 43.5 Å². The Kier molecular flexibility index (Phi) is 34.3. The highest BCUT2D eigenvalue weighted by Gasteiger charge is 2.44. The molecule has 1 rings (SSSR count). The third-order valence-electron chi connectivity index (χ3n) is 10.7. The lowest BCUT2D eigenvalue weighted by Crippen LogP contribution is -2.60. The van der Waals surface area contributed by atoms with Gasteiger partial charge in [-0.15, -0.1) is 0 Å². The van der Waals surface area contributed by atoms with Crippen LogP contribution < -0.4 is 5.32 Å². The van der Waals surface area contributed by atoms with Crippen molar-refractivity contribution in [2.45, 2.75) is 236 Å². The van der Waals surface area contributed by atoms with Crippen molar-refractivity contribution in [3.8, 4) is 0 Å². The lowest BCUT2D eigenvalue weighted by atomic mass is 9.99. The van der Waals surface area contributed by atoms with Gasteiger partial charge >= 0.3 is 0 Å². The molecular weight excluding hydrogens is 695 g/mol. The predicted molar refractivity (Wildman–Crippen MR) is 226 cm³/mol. The summed E-state index contributed by atoms with van der Waals surface area (Å²) >= 11 is 0. The lowest BCUT2D eigenvalue weighted by Gasteiger charge is -2.40. The predicted octanol–water partition coefficient (Wildman–Crippen LogP) is 9.28. The topological polar surface area (TPSA) is 149 Å². The van der Waals surface area contributed by atoms with Crippen LogP contribution in [0.1, 0.15) is 194 Å². The van der Waals surface area contributed by atoms with E-state index in [9.17, 15) is 30.3 Å². The van der Waals surface area contributed by atoms with Crippen LogP contribution in [-0.2, 0) is 14.3 Å². The molecule has 0 bridgehead atoms. The van der Waals surface area contributed by atoms with Crippen LogP contribution in [0, 0.1) is 0 Å². The van der Waals surface area contributed by atoms with E-state index < -0.39 is 49.5 Å². The summed E-state index contributed by atoms with van der Waals surface area (Å²) in [7, 11) is 0. The summed E-state index contributed by atoms with van der Waals surface area (Å²) in [5.74, 6) is -0.192. The average Bonchev–Trinajstić information content (AvgIpc) is 3.18. The summed E-state index contributed by atoms with van der Waals surface area (Å²) < 4.78 is 11.2. The number of carbonyl (C=O) groups is 1. The molecule has 1 fully saturated rings. The smallest absolute Gasteiger partial charge is 0.220 e. The highest BCUT2D eigenvalue weighted by molar-refractivity contribution is 5.76. The van der Waals surface area contributed by atoms with Crippen molar-refractivity contribution in [3.63, 3.8) is 0 Å². The van der Waals surface area contributed by atoms with Crippen LogP contribution in [0.15, 0.2) is 36.5 Å². The summed E-state index contributed by atoms with van der Waals surface area (Å²) in [6.45, 7) is 3.72. The van der Waals surface area contributed by atoms with E-state index in [-0.39, 0.29) is 12.5 Å². The molecule has 0 aromatic heterocycles. The van der Waals surface area contributed by atoms with Crippen LogP contribution in [0.5, 0.6) is 0 Å². The number of unbranched alkanes of at least 4 members (excludes halogenated alkanes) is 23. The summed E-state index contributed by atoms with van der Waals surface area (Å²) in [6.07, 6.45) is 37.5. The van der Waals surface area contributed by atoms with Crippen LogP contribution in [0.2, 0.25) is 0 Å². The van der Waals surface area contributed by atoms with E-state index in [4.69, 9.17) is 9.47 Å². The van der Waals surface area contributed by atoms with Crippen LogP contribution in [0.25, 0.3) is 0 Å². The van der Waals surface area contributed by atoms with Gasteiger partial charge in [0.1, 0.15) is 24.4 Å². The quantitative estimate of drug-likeness (QED) is 0.0270.